The van der Waals surface area contributed by atoms with Crippen LogP contribution in [0, 0.1) is 0 Å². The molecule has 2 N–H and O–H groups in total. The highest BCUT2D eigenvalue weighted by Gasteiger charge is 2.07. The van der Waals surface area contributed by atoms with Crippen molar-refractivity contribution in [1.82, 2.24) is 5.32 Å². The van der Waals surface area contributed by atoms with Crippen molar-refractivity contribution in [2.24, 2.45) is 0 Å². The molecule has 5 nitrogen and oxygen atoms in total. The zero-order valence-corrected chi connectivity index (χ0v) is 14.3. The predicted molar refractivity (Wildman–Crippen MR) is 95.8 cm³/mol. The Kier molecular flexibility index (Phi) is 7.01. The number of benzene rings is 2. The third-order valence-electron chi connectivity index (χ3n) is 3.69. The summed E-state index contributed by atoms with van der Waals surface area (Å²) in [5.74, 6) is -0.351. The molecule has 25 heavy (non-hydrogen) atoms. The number of nitrogens with one attached hydrogen (secondary N) is 1. The predicted octanol–water partition coefficient (Wildman–Crippen LogP) is 3.42. The van der Waals surface area contributed by atoms with Crippen molar-refractivity contribution in [2.75, 3.05) is 6.61 Å². The minimum Gasteiger partial charge on any atom is -0.494 e. The molecule has 0 spiro atoms. The van der Waals surface area contributed by atoms with Gasteiger partial charge in [0.25, 0.3) is 0 Å². The molecule has 0 bridgehead atoms. The Hall–Kier alpha value is -2.82. The van der Waals surface area contributed by atoms with Gasteiger partial charge in [-0.25, -0.2) is 4.79 Å². The topological polar surface area (TPSA) is 75.6 Å². The maximum Gasteiger partial charge on any atom is 0.335 e. The van der Waals surface area contributed by atoms with Crippen LogP contribution >= 0.6 is 0 Å². The van der Waals surface area contributed by atoms with Crippen molar-refractivity contribution >= 4 is 11.9 Å². The number of carbonyl (C=O) groups is 2. The van der Waals surface area contributed by atoms with E-state index in [2.05, 4.69) is 12.2 Å². The Bertz CT molecular complexity index is 727. The van der Waals surface area contributed by atoms with Gasteiger partial charge in [0.05, 0.1) is 18.6 Å². The second kappa shape index (κ2) is 9.47. The number of carboxylic acids is 1. The van der Waals surface area contributed by atoms with Crippen LogP contribution in [0.5, 0.6) is 5.75 Å². The Labute approximate surface area is 147 Å². The van der Waals surface area contributed by atoms with Gasteiger partial charge in [0.15, 0.2) is 0 Å². The molecule has 0 saturated heterocycles. The molecule has 0 aliphatic heterocycles. The fraction of sp³-hybridized carbons (Fsp3) is 0.300. The largest absolute Gasteiger partial charge is 0.494 e. The molecule has 132 valence electrons. The van der Waals surface area contributed by atoms with E-state index in [4.69, 9.17) is 9.84 Å². The zero-order chi connectivity index (χ0) is 18.1. The standard InChI is InChI=1S/C20H23NO4/c1-2-3-10-25-18-9-5-7-16(12-18)14-21-19(22)13-15-6-4-8-17(11-15)20(23)24/h4-9,11-12H,2-3,10,13-14H2,1H3,(H,21,22)(H,23,24). The lowest BCUT2D eigenvalue weighted by molar-refractivity contribution is -0.120. The van der Waals surface area contributed by atoms with E-state index < -0.39 is 5.97 Å². The summed E-state index contributed by atoms with van der Waals surface area (Å²) in [4.78, 5) is 23.0. The lowest BCUT2D eigenvalue weighted by Crippen LogP contribution is -2.24. The first-order chi connectivity index (χ1) is 12.1. The first-order valence-corrected chi connectivity index (χ1v) is 8.39. The van der Waals surface area contributed by atoms with Crippen LogP contribution in [0.25, 0.3) is 0 Å². The lowest BCUT2D eigenvalue weighted by atomic mass is 10.1. The van der Waals surface area contributed by atoms with E-state index in [1.54, 1.807) is 12.1 Å². The highest BCUT2D eigenvalue weighted by molar-refractivity contribution is 5.88. The molecule has 2 rings (SSSR count). The van der Waals surface area contributed by atoms with Crippen LogP contribution in [0.15, 0.2) is 48.5 Å². The van der Waals surface area contributed by atoms with Gasteiger partial charge >= 0.3 is 5.97 Å². The Morgan fingerprint density at radius 2 is 1.84 bits per heavy atom. The number of hydrogen-bond acceptors (Lipinski definition) is 3. The molecule has 0 unspecified atom stereocenters. The smallest absolute Gasteiger partial charge is 0.335 e. The number of ether oxygens (including phenoxy) is 1. The first-order valence-electron chi connectivity index (χ1n) is 8.39. The molecule has 0 heterocycles. The normalized spacial score (nSPS) is 10.3. The molecule has 1 amide bonds. The summed E-state index contributed by atoms with van der Waals surface area (Å²) in [7, 11) is 0. The van der Waals surface area contributed by atoms with E-state index in [0.29, 0.717) is 18.7 Å². The fourth-order valence-electron chi connectivity index (χ4n) is 2.34. The van der Waals surface area contributed by atoms with E-state index in [0.717, 1.165) is 24.2 Å². The second-order valence-electron chi connectivity index (χ2n) is 5.81. The minimum atomic E-state index is -0.998. The fourth-order valence-corrected chi connectivity index (χ4v) is 2.34. The number of carbonyl (C=O) groups excluding carboxylic acids is 1. The summed E-state index contributed by atoms with van der Waals surface area (Å²) in [5.41, 5.74) is 1.82. The van der Waals surface area contributed by atoms with Gasteiger partial charge in [-0.1, -0.05) is 37.6 Å². The van der Waals surface area contributed by atoms with Crippen LogP contribution in [-0.2, 0) is 17.8 Å². The van der Waals surface area contributed by atoms with Crippen molar-refractivity contribution in [3.63, 3.8) is 0 Å². The van der Waals surface area contributed by atoms with Gasteiger partial charge in [-0.2, -0.15) is 0 Å². The van der Waals surface area contributed by atoms with E-state index in [1.165, 1.54) is 12.1 Å². The lowest BCUT2D eigenvalue weighted by Gasteiger charge is -2.09. The summed E-state index contributed by atoms with van der Waals surface area (Å²) >= 11 is 0. The molecule has 0 fully saturated rings. The maximum atomic E-state index is 12.1. The molecule has 0 radical (unpaired) electrons. The molecular weight excluding hydrogens is 318 g/mol. The summed E-state index contributed by atoms with van der Waals surface area (Å²) in [6.45, 7) is 3.20. The molecule has 5 heteroatoms. The van der Waals surface area contributed by atoms with Gasteiger partial charge in [-0.3, -0.25) is 4.79 Å². The van der Waals surface area contributed by atoms with Crippen LogP contribution in [0.2, 0.25) is 0 Å². The number of amides is 1. The van der Waals surface area contributed by atoms with Crippen molar-refractivity contribution in [3.05, 3.63) is 65.2 Å². The van der Waals surface area contributed by atoms with Crippen LogP contribution < -0.4 is 10.1 Å². The van der Waals surface area contributed by atoms with Crippen molar-refractivity contribution < 1.29 is 19.4 Å². The van der Waals surface area contributed by atoms with Gasteiger partial charge in [-0.15, -0.1) is 0 Å². The molecule has 0 atom stereocenters. The SMILES string of the molecule is CCCCOc1cccc(CNC(=O)Cc2cccc(C(=O)O)c2)c1. The van der Waals surface area contributed by atoms with Gasteiger partial charge < -0.3 is 15.2 Å². The third kappa shape index (κ3) is 6.30. The average molecular weight is 341 g/mol. The summed E-state index contributed by atoms with van der Waals surface area (Å²) in [6, 6.07) is 14.1. The third-order valence-corrected chi connectivity index (χ3v) is 3.69. The Morgan fingerprint density at radius 1 is 1.08 bits per heavy atom. The monoisotopic (exact) mass is 341 g/mol. The summed E-state index contributed by atoms with van der Waals surface area (Å²) < 4.78 is 5.66. The van der Waals surface area contributed by atoms with Crippen LogP contribution in [0.4, 0.5) is 0 Å². The quantitative estimate of drug-likeness (QED) is 0.685. The number of unbranched alkanes of at least 4 members (excludes halogenated alkanes) is 1. The number of hydrogen-bond donors (Lipinski definition) is 2. The van der Waals surface area contributed by atoms with Gasteiger partial charge in [-0.05, 0) is 41.8 Å². The Balaban J connectivity index is 1.86. The van der Waals surface area contributed by atoms with E-state index >= 15 is 0 Å². The van der Waals surface area contributed by atoms with Gasteiger partial charge in [0.2, 0.25) is 5.91 Å². The van der Waals surface area contributed by atoms with Gasteiger partial charge in [0.1, 0.15) is 5.75 Å². The maximum absolute atomic E-state index is 12.1. The molecular formula is C20H23NO4. The summed E-state index contributed by atoms with van der Waals surface area (Å²) in [5, 5.41) is 11.8. The van der Waals surface area contributed by atoms with Crippen LogP contribution in [0.1, 0.15) is 41.3 Å². The zero-order valence-electron chi connectivity index (χ0n) is 14.3. The van der Waals surface area contributed by atoms with Crippen molar-refractivity contribution in [1.29, 1.82) is 0 Å². The average Bonchev–Trinajstić information content (AvgIpc) is 2.61. The van der Waals surface area contributed by atoms with Crippen LogP contribution in [0.3, 0.4) is 0 Å². The first kappa shape index (κ1) is 18.5. The molecule has 0 saturated carbocycles. The highest BCUT2D eigenvalue weighted by atomic mass is 16.5. The minimum absolute atomic E-state index is 0.147. The van der Waals surface area contributed by atoms with E-state index in [9.17, 15) is 9.59 Å². The van der Waals surface area contributed by atoms with Crippen molar-refractivity contribution in [2.45, 2.75) is 32.7 Å². The molecule has 0 aliphatic carbocycles. The highest BCUT2D eigenvalue weighted by Crippen LogP contribution is 2.14. The number of carboxylic acid groups (broad SMARTS) is 1. The number of rotatable bonds is 9. The molecule has 0 aliphatic rings. The van der Waals surface area contributed by atoms with Gasteiger partial charge in [0, 0.05) is 6.54 Å². The van der Waals surface area contributed by atoms with E-state index in [1.807, 2.05) is 24.3 Å². The molecule has 2 aromatic carbocycles. The Morgan fingerprint density at radius 3 is 2.60 bits per heavy atom. The van der Waals surface area contributed by atoms with Crippen molar-refractivity contribution in [3.8, 4) is 5.75 Å². The summed E-state index contributed by atoms with van der Waals surface area (Å²) in [6.07, 6.45) is 2.24. The number of aromatic carboxylic acids is 1. The van der Waals surface area contributed by atoms with E-state index in [-0.39, 0.29) is 17.9 Å². The molecule has 0 aromatic heterocycles. The van der Waals surface area contributed by atoms with Crippen LogP contribution in [-0.4, -0.2) is 23.6 Å². The molecule has 2 aromatic rings. The second-order valence-corrected chi connectivity index (χ2v) is 5.81.